The van der Waals surface area contributed by atoms with Crippen molar-refractivity contribution in [2.24, 2.45) is 11.1 Å². The normalized spacial score (nSPS) is 13.1. The lowest BCUT2D eigenvalue weighted by Gasteiger charge is -2.28. The molecule has 1 fully saturated rings. The number of nitrogens with two attached hydrogens (primary N) is 1. The highest BCUT2D eigenvalue weighted by Gasteiger charge is 2.34. The van der Waals surface area contributed by atoms with Gasteiger partial charge in [0.05, 0.1) is 11.1 Å². The van der Waals surface area contributed by atoms with Crippen LogP contribution in [0, 0.1) is 19.3 Å². The van der Waals surface area contributed by atoms with Crippen molar-refractivity contribution >= 4 is 5.91 Å². The highest BCUT2D eigenvalue weighted by molar-refractivity contribution is 5.82. The topological polar surface area (TPSA) is 84.2 Å². The molecule has 0 bridgehead atoms. The summed E-state index contributed by atoms with van der Waals surface area (Å²) in [7, 11) is 0. The lowest BCUT2D eigenvalue weighted by Crippen LogP contribution is -2.42. The molecule has 0 atom stereocenters. The lowest BCUT2D eigenvalue weighted by atomic mass is 9.93. The Labute approximate surface area is 194 Å². The van der Waals surface area contributed by atoms with E-state index in [0.717, 1.165) is 42.8 Å². The summed E-state index contributed by atoms with van der Waals surface area (Å²) < 4.78 is 6.05. The number of benzene rings is 1. The molecule has 1 aromatic carbocycles. The quantitative estimate of drug-likeness (QED) is 0.609. The first-order chi connectivity index (χ1) is 15.3. The number of carbonyl (C=O) groups is 1. The summed E-state index contributed by atoms with van der Waals surface area (Å²) in [4.78, 5) is 14.7. The van der Waals surface area contributed by atoms with Gasteiger partial charge in [-0.25, -0.2) is 0 Å². The van der Waals surface area contributed by atoms with E-state index < -0.39 is 5.41 Å². The number of ether oxygens (including phenoxy) is 1. The molecule has 2 aromatic rings. The van der Waals surface area contributed by atoms with E-state index in [1.807, 2.05) is 46.4 Å². The van der Waals surface area contributed by atoms with Gasteiger partial charge in [-0.15, -0.1) is 5.10 Å². The second-order valence-corrected chi connectivity index (χ2v) is 8.47. The van der Waals surface area contributed by atoms with Crippen molar-refractivity contribution in [3.05, 3.63) is 34.9 Å². The fraction of sp³-hybridized carbons (Fsp3) is 0.615. The highest BCUT2D eigenvalue weighted by Crippen LogP contribution is 2.31. The lowest BCUT2D eigenvalue weighted by molar-refractivity contribution is -0.140. The molecule has 0 saturated carbocycles. The number of nitrogens with zero attached hydrogens (tertiary/aromatic N) is 2. The van der Waals surface area contributed by atoms with Crippen LogP contribution in [-0.4, -0.2) is 47.2 Å². The molecule has 1 aliphatic rings. The number of hydrogen-bond donors (Lipinski definition) is 2. The van der Waals surface area contributed by atoms with Gasteiger partial charge in [0.15, 0.2) is 0 Å². The molecule has 0 spiro atoms. The molecule has 1 amide bonds. The van der Waals surface area contributed by atoms with Gasteiger partial charge in [-0.1, -0.05) is 44.9 Å². The summed E-state index contributed by atoms with van der Waals surface area (Å²) in [6, 6.07) is 6.41. The van der Waals surface area contributed by atoms with Gasteiger partial charge in [-0.05, 0) is 65.6 Å². The van der Waals surface area contributed by atoms with E-state index in [2.05, 4.69) is 42.2 Å². The van der Waals surface area contributed by atoms with Crippen molar-refractivity contribution in [1.82, 2.24) is 15.1 Å². The maximum Gasteiger partial charge on any atom is 0.236 e. The van der Waals surface area contributed by atoms with Gasteiger partial charge in [0.1, 0.15) is 6.61 Å². The molecule has 0 aliphatic carbocycles. The Balaban J connectivity index is 0.00000121. The first-order valence-electron chi connectivity index (χ1n) is 12.1. The summed E-state index contributed by atoms with van der Waals surface area (Å²) in [5.74, 6) is 0.692. The summed E-state index contributed by atoms with van der Waals surface area (Å²) in [6.45, 7) is 18.5. The van der Waals surface area contributed by atoms with Crippen LogP contribution in [-0.2, 0) is 11.2 Å². The van der Waals surface area contributed by atoms with Crippen molar-refractivity contribution in [1.29, 1.82) is 0 Å². The largest absolute Gasteiger partial charge is 0.475 e. The van der Waals surface area contributed by atoms with Crippen LogP contribution in [0.15, 0.2) is 18.2 Å². The molecule has 1 aromatic heterocycles. The maximum absolute atomic E-state index is 12.8. The third kappa shape index (κ3) is 7.09. The number of aryl methyl sites for hydroxylation is 2. The van der Waals surface area contributed by atoms with Crippen molar-refractivity contribution in [2.75, 3.05) is 26.2 Å². The SMILES string of the molecule is CC.CC.Cc1cc(C)cc(-c2[nH]nc(OCC(C)(C)C(=O)N3CCCC3)c2CCN)c1. The molecule has 2 heterocycles. The van der Waals surface area contributed by atoms with Crippen LogP contribution in [0.2, 0.25) is 0 Å². The highest BCUT2D eigenvalue weighted by atomic mass is 16.5. The minimum atomic E-state index is -0.594. The molecular formula is C26H44N4O2. The van der Waals surface area contributed by atoms with E-state index in [1.165, 1.54) is 11.1 Å². The number of nitrogens with one attached hydrogen (secondary N) is 1. The Morgan fingerprint density at radius 3 is 2.19 bits per heavy atom. The van der Waals surface area contributed by atoms with Gasteiger partial charge >= 0.3 is 0 Å². The molecule has 180 valence electrons. The van der Waals surface area contributed by atoms with Crippen LogP contribution >= 0.6 is 0 Å². The second kappa shape index (κ2) is 13.3. The molecule has 1 saturated heterocycles. The van der Waals surface area contributed by atoms with Crippen LogP contribution in [0.3, 0.4) is 0 Å². The van der Waals surface area contributed by atoms with E-state index in [4.69, 9.17) is 10.5 Å². The Kier molecular flexibility index (Phi) is 11.5. The monoisotopic (exact) mass is 444 g/mol. The van der Waals surface area contributed by atoms with Crippen molar-refractivity contribution in [2.45, 2.75) is 74.7 Å². The standard InChI is InChI=1S/C22H32N4O2.2C2H6/c1-15-11-16(2)13-17(12-15)19-18(7-8-23)20(25-24-19)28-14-22(3,4)21(27)26-9-5-6-10-26;2*1-2/h11-13H,5-10,14,23H2,1-4H3,(H,24,25);2*1-2H3. The first kappa shape index (κ1) is 27.7. The third-order valence-electron chi connectivity index (χ3n) is 5.28. The zero-order valence-corrected chi connectivity index (χ0v) is 21.5. The molecule has 0 radical (unpaired) electrons. The Bertz CT molecular complexity index is 816. The fourth-order valence-corrected chi connectivity index (χ4v) is 3.86. The van der Waals surface area contributed by atoms with E-state index >= 15 is 0 Å². The summed E-state index contributed by atoms with van der Waals surface area (Å²) in [5.41, 5.74) is 10.6. The minimum absolute atomic E-state index is 0.149. The summed E-state index contributed by atoms with van der Waals surface area (Å²) in [6.07, 6.45) is 2.83. The fourth-order valence-electron chi connectivity index (χ4n) is 3.86. The molecular weight excluding hydrogens is 400 g/mol. The van der Waals surface area contributed by atoms with Gasteiger partial charge in [0, 0.05) is 24.2 Å². The average Bonchev–Trinajstić information content (AvgIpc) is 3.45. The van der Waals surface area contributed by atoms with Gasteiger partial charge in [0.2, 0.25) is 11.8 Å². The Morgan fingerprint density at radius 1 is 1.09 bits per heavy atom. The van der Waals surface area contributed by atoms with E-state index in [-0.39, 0.29) is 12.5 Å². The third-order valence-corrected chi connectivity index (χ3v) is 5.28. The maximum atomic E-state index is 12.8. The minimum Gasteiger partial charge on any atom is -0.475 e. The van der Waals surface area contributed by atoms with Crippen LogP contribution in [0.5, 0.6) is 5.88 Å². The van der Waals surface area contributed by atoms with E-state index in [1.54, 1.807) is 0 Å². The zero-order valence-electron chi connectivity index (χ0n) is 21.5. The Morgan fingerprint density at radius 2 is 1.66 bits per heavy atom. The van der Waals surface area contributed by atoms with Gasteiger partial charge in [0.25, 0.3) is 0 Å². The molecule has 1 aliphatic heterocycles. The molecule has 6 nitrogen and oxygen atoms in total. The Hall–Kier alpha value is -2.34. The number of likely N-dealkylation sites (tertiary alicyclic amines) is 1. The van der Waals surface area contributed by atoms with Crippen LogP contribution < -0.4 is 10.5 Å². The second-order valence-electron chi connectivity index (χ2n) is 8.47. The number of H-pyrrole nitrogens is 1. The van der Waals surface area contributed by atoms with E-state index in [9.17, 15) is 4.79 Å². The van der Waals surface area contributed by atoms with Crippen LogP contribution in [0.1, 0.15) is 71.1 Å². The number of amides is 1. The van der Waals surface area contributed by atoms with Crippen LogP contribution in [0.25, 0.3) is 11.3 Å². The summed E-state index contributed by atoms with van der Waals surface area (Å²) >= 11 is 0. The van der Waals surface area contributed by atoms with Crippen molar-refractivity contribution in [3.63, 3.8) is 0 Å². The number of aromatic amines is 1. The number of rotatable bonds is 7. The predicted octanol–water partition coefficient (Wildman–Crippen LogP) is 5.27. The number of aromatic nitrogens is 2. The average molecular weight is 445 g/mol. The van der Waals surface area contributed by atoms with Gasteiger partial charge in [-0.2, -0.15) is 0 Å². The molecule has 3 rings (SSSR count). The molecule has 32 heavy (non-hydrogen) atoms. The first-order valence-corrected chi connectivity index (χ1v) is 12.1. The van der Waals surface area contributed by atoms with Crippen LogP contribution in [0.4, 0.5) is 0 Å². The van der Waals surface area contributed by atoms with Gasteiger partial charge < -0.3 is 15.4 Å². The van der Waals surface area contributed by atoms with Crippen molar-refractivity contribution < 1.29 is 9.53 Å². The summed E-state index contributed by atoms with van der Waals surface area (Å²) in [5, 5.41) is 7.53. The van der Waals surface area contributed by atoms with Crippen molar-refractivity contribution in [3.8, 4) is 17.1 Å². The van der Waals surface area contributed by atoms with Gasteiger partial charge in [-0.3, -0.25) is 9.89 Å². The van der Waals surface area contributed by atoms with E-state index in [0.29, 0.717) is 18.8 Å². The number of carbonyl (C=O) groups excluding carboxylic acids is 1. The molecule has 6 heteroatoms. The predicted molar refractivity (Wildman–Crippen MR) is 134 cm³/mol. The number of hydrogen-bond acceptors (Lipinski definition) is 4. The smallest absolute Gasteiger partial charge is 0.236 e. The molecule has 0 unspecified atom stereocenters. The molecule has 3 N–H and O–H groups in total. The zero-order chi connectivity index (χ0) is 24.3.